The van der Waals surface area contributed by atoms with E-state index in [1.165, 1.54) is 0 Å². The molecule has 0 aliphatic carbocycles. The highest BCUT2D eigenvalue weighted by Crippen LogP contribution is 2.33. The van der Waals surface area contributed by atoms with Crippen molar-refractivity contribution < 1.29 is 4.79 Å². The largest absolute Gasteiger partial charge is 0.337 e. The van der Waals surface area contributed by atoms with Crippen LogP contribution in [0.3, 0.4) is 0 Å². The summed E-state index contributed by atoms with van der Waals surface area (Å²) in [6.45, 7) is 4.17. The van der Waals surface area contributed by atoms with Crippen molar-refractivity contribution >= 4 is 45.6 Å². The second-order valence-electron chi connectivity index (χ2n) is 9.27. The second kappa shape index (κ2) is 10.0. The third-order valence-electron chi connectivity index (χ3n) is 7.11. The van der Waals surface area contributed by atoms with Gasteiger partial charge in [0.1, 0.15) is 0 Å². The van der Waals surface area contributed by atoms with Crippen LogP contribution in [0.1, 0.15) is 55.3 Å². The molecule has 2 aromatic carbocycles. The first-order chi connectivity index (χ1) is 17.0. The quantitative estimate of drug-likeness (QED) is 0.499. The Balaban J connectivity index is 1.45. The smallest absolute Gasteiger partial charge is 0.239 e. The van der Waals surface area contributed by atoms with E-state index >= 15 is 0 Å². The summed E-state index contributed by atoms with van der Waals surface area (Å²) >= 11 is 12.6. The molecule has 1 saturated heterocycles. The van der Waals surface area contributed by atoms with Crippen LogP contribution in [0.2, 0.25) is 10.0 Å². The number of nitrogens with zero attached hydrogens (tertiary/aromatic N) is 4. The summed E-state index contributed by atoms with van der Waals surface area (Å²) in [7, 11) is 0. The summed E-state index contributed by atoms with van der Waals surface area (Å²) in [6.07, 6.45) is 7.72. The minimum atomic E-state index is -0.116. The summed E-state index contributed by atoms with van der Waals surface area (Å²) in [6, 6.07) is 11.6. The topological polar surface area (TPSA) is 74.0 Å². The fraction of sp³-hybridized carbons (Fsp3) is 0.370. The van der Waals surface area contributed by atoms with Gasteiger partial charge in [-0.3, -0.25) is 9.48 Å². The molecule has 1 fully saturated rings. The lowest BCUT2D eigenvalue weighted by Gasteiger charge is -2.32. The molecule has 180 valence electrons. The van der Waals surface area contributed by atoms with Gasteiger partial charge in [-0.1, -0.05) is 41.8 Å². The van der Waals surface area contributed by atoms with E-state index in [1.54, 1.807) is 12.3 Å². The molecule has 2 atom stereocenters. The number of nitrogens with one attached hydrogen (secondary N) is 1. The lowest BCUT2D eigenvalue weighted by atomic mass is 9.93. The number of rotatable bonds is 4. The molecule has 5 rings (SSSR count). The minimum absolute atomic E-state index is 0.0692. The lowest BCUT2D eigenvalue weighted by Crippen LogP contribution is -2.49. The maximum absolute atomic E-state index is 12.9. The van der Waals surface area contributed by atoms with Crippen LogP contribution in [0.5, 0.6) is 0 Å². The van der Waals surface area contributed by atoms with Gasteiger partial charge in [-0.25, -0.2) is 0 Å². The molecule has 1 amide bonds. The van der Waals surface area contributed by atoms with Crippen LogP contribution in [0.25, 0.3) is 16.5 Å². The minimum Gasteiger partial charge on any atom is -0.337 e. The van der Waals surface area contributed by atoms with Crippen LogP contribution in [-0.2, 0) is 4.79 Å². The Morgan fingerprint density at radius 1 is 1.26 bits per heavy atom. The van der Waals surface area contributed by atoms with Crippen LogP contribution in [0.15, 0.2) is 42.6 Å². The van der Waals surface area contributed by atoms with Crippen LogP contribution >= 0.6 is 23.2 Å². The van der Waals surface area contributed by atoms with E-state index in [4.69, 9.17) is 23.2 Å². The maximum atomic E-state index is 12.9. The fourth-order valence-corrected chi connectivity index (χ4v) is 5.70. The Kier molecular flexibility index (Phi) is 6.84. The monoisotopic (exact) mass is 507 g/mol. The van der Waals surface area contributed by atoms with Crippen LogP contribution < -0.4 is 5.32 Å². The first-order valence-corrected chi connectivity index (χ1v) is 12.8. The van der Waals surface area contributed by atoms with Crippen molar-refractivity contribution in [3.63, 3.8) is 0 Å². The van der Waals surface area contributed by atoms with E-state index in [0.29, 0.717) is 35.1 Å². The van der Waals surface area contributed by atoms with Gasteiger partial charge in [0.15, 0.2) is 0 Å². The molecule has 3 aromatic rings. The average molecular weight is 508 g/mol. The van der Waals surface area contributed by atoms with Gasteiger partial charge in [0.05, 0.1) is 35.4 Å². The summed E-state index contributed by atoms with van der Waals surface area (Å²) in [4.78, 5) is 14.8. The van der Waals surface area contributed by atoms with Crippen molar-refractivity contribution in [1.29, 1.82) is 5.26 Å². The molecule has 35 heavy (non-hydrogen) atoms. The van der Waals surface area contributed by atoms with Gasteiger partial charge in [0.25, 0.3) is 0 Å². The highest BCUT2D eigenvalue weighted by molar-refractivity contribution is 6.35. The number of piperidine rings is 1. The first kappa shape index (κ1) is 23.9. The van der Waals surface area contributed by atoms with E-state index in [9.17, 15) is 10.1 Å². The van der Waals surface area contributed by atoms with Crippen molar-refractivity contribution in [2.75, 3.05) is 19.6 Å². The third-order valence-corrected chi connectivity index (χ3v) is 7.67. The number of hydrogen-bond acceptors (Lipinski definition) is 4. The summed E-state index contributed by atoms with van der Waals surface area (Å²) in [5, 5.41) is 19.9. The third kappa shape index (κ3) is 4.69. The lowest BCUT2D eigenvalue weighted by molar-refractivity contribution is -0.133. The summed E-state index contributed by atoms with van der Waals surface area (Å²) < 4.78 is 1.93. The molecule has 2 unspecified atom stereocenters. The van der Waals surface area contributed by atoms with Crippen molar-refractivity contribution in [3.8, 4) is 6.07 Å². The zero-order chi connectivity index (χ0) is 24.5. The molecular weight excluding hydrogens is 481 g/mol. The van der Waals surface area contributed by atoms with Crippen molar-refractivity contribution in [2.24, 2.45) is 0 Å². The number of aromatic nitrogens is 2. The van der Waals surface area contributed by atoms with E-state index < -0.39 is 0 Å². The standard InChI is InChI=1S/C27H27Cl2N5O/c1-17(22-6-5-21(28)13-24(22)29)34-26-14-23(19(15-30)12-20(26)16-32-34)18-7-10-33(11-8-18)27(35)25-4-2-3-9-31-25/h5-7,12-14,16-17,25,31H,2-4,8-11H2,1H3. The average Bonchev–Trinajstić information content (AvgIpc) is 3.30. The van der Waals surface area contributed by atoms with Crippen LogP contribution in [0.4, 0.5) is 0 Å². The second-order valence-corrected chi connectivity index (χ2v) is 10.1. The molecule has 3 heterocycles. The van der Waals surface area contributed by atoms with Gasteiger partial charge < -0.3 is 10.2 Å². The van der Waals surface area contributed by atoms with E-state index in [-0.39, 0.29) is 18.0 Å². The Bertz CT molecular complexity index is 1350. The zero-order valence-electron chi connectivity index (χ0n) is 19.6. The van der Waals surface area contributed by atoms with Gasteiger partial charge in [-0.2, -0.15) is 10.4 Å². The van der Waals surface area contributed by atoms with E-state index in [0.717, 1.165) is 53.4 Å². The number of carbonyl (C=O) groups excluding carboxylic acids is 1. The Morgan fingerprint density at radius 2 is 2.11 bits per heavy atom. The molecule has 2 aliphatic heterocycles. The highest BCUT2D eigenvalue weighted by atomic mass is 35.5. The Labute approximate surface area is 215 Å². The van der Waals surface area contributed by atoms with Gasteiger partial charge in [-0.15, -0.1) is 0 Å². The number of benzene rings is 2. The molecule has 1 N–H and O–H groups in total. The van der Waals surface area contributed by atoms with Crippen molar-refractivity contribution in [3.05, 3.63) is 69.3 Å². The van der Waals surface area contributed by atoms with Gasteiger partial charge >= 0.3 is 0 Å². The fourth-order valence-electron chi connectivity index (χ4n) is 5.13. The number of fused-ring (bicyclic) bond motifs is 1. The molecule has 0 saturated carbocycles. The predicted molar refractivity (Wildman–Crippen MR) is 140 cm³/mol. The summed E-state index contributed by atoms with van der Waals surface area (Å²) in [5.74, 6) is 0.183. The van der Waals surface area contributed by atoms with Crippen molar-refractivity contribution in [2.45, 2.75) is 44.7 Å². The number of hydrogen-bond donors (Lipinski definition) is 1. The molecule has 0 radical (unpaired) electrons. The molecule has 6 nitrogen and oxygen atoms in total. The summed E-state index contributed by atoms with van der Waals surface area (Å²) in [5.41, 5.74) is 4.47. The van der Waals surface area contributed by atoms with Crippen LogP contribution in [0, 0.1) is 11.3 Å². The molecular formula is C27H27Cl2N5O. The maximum Gasteiger partial charge on any atom is 0.239 e. The molecule has 0 bridgehead atoms. The molecule has 1 aromatic heterocycles. The van der Waals surface area contributed by atoms with E-state index in [2.05, 4.69) is 22.6 Å². The Morgan fingerprint density at radius 3 is 2.80 bits per heavy atom. The number of halogens is 2. The SMILES string of the molecule is CC(c1ccc(Cl)cc1Cl)n1ncc2cc(C#N)c(C3=CCN(C(=O)C4CCCCN4)CC3)cc21. The number of nitriles is 1. The first-order valence-electron chi connectivity index (χ1n) is 12.0. The van der Waals surface area contributed by atoms with Crippen molar-refractivity contribution in [1.82, 2.24) is 20.0 Å². The molecule has 0 spiro atoms. The number of carbonyl (C=O) groups is 1. The normalized spacial score (nSPS) is 19.3. The zero-order valence-corrected chi connectivity index (χ0v) is 21.1. The van der Waals surface area contributed by atoms with Gasteiger partial charge in [-0.05, 0) is 73.7 Å². The van der Waals surface area contributed by atoms with Crippen LogP contribution in [-0.4, -0.2) is 46.3 Å². The molecule has 2 aliphatic rings. The van der Waals surface area contributed by atoms with E-state index in [1.807, 2.05) is 40.8 Å². The molecule has 8 heteroatoms. The van der Waals surface area contributed by atoms with Gasteiger partial charge in [0.2, 0.25) is 5.91 Å². The highest BCUT2D eigenvalue weighted by Gasteiger charge is 2.27. The van der Waals surface area contributed by atoms with Gasteiger partial charge in [0, 0.05) is 28.5 Å². The predicted octanol–water partition coefficient (Wildman–Crippen LogP) is 5.58. The number of amides is 1. The Hall–Kier alpha value is -2.85.